The Hall–Kier alpha value is -2.90. The third-order valence-electron chi connectivity index (χ3n) is 7.23. The number of nitrogens with zero attached hydrogens (tertiary/aromatic N) is 3. The summed E-state index contributed by atoms with van der Waals surface area (Å²) in [6.45, 7) is 4.41. The topological polar surface area (TPSA) is 140 Å². The number of nitrogens with one attached hydrogen (secondary N) is 2. The van der Waals surface area contributed by atoms with Gasteiger partial charge in [0.2, 0.25) is 0 Å². The number of piperidine rings is 1. The zero-order chi connectivity index (χ0) is 27.6. The summed E-state index contributed by atoms with van der Waals surface area (Å²) in [5, 5.41) is 0.781. The molecule has 3 heterocycles. The number of halogens is 1. The van der Waals surface area contributed by atoms with Crippen LogP contribution in [0.2, 0.25) is 5.02 Å². The molecule has 2 aliphatic heterocycles. The summed E-state index contributed by atoms with van der Waals surface area (Å²) in [7, 11) is -4.22. The Balaban J connectivity index is 1.21. The second kappa shape index (κ2) is 11.3. The van der Waals surface area contributed by atoms with Gasteiger partial charge < -0.3 is 15.4 Å². The predicted molar refractivity (Wildman–Crippen MR) is 151 cm³/mol. The fourth-order valence-corrected chi connectivity index (χ4v) is 6.90. The van der Waals surface area contributed by atoms with Gasteiger partial charge in [0.05, 0.1) is 35.8 Å². The van der Waals surface area contributed by atoms with E-state index >= 15 is 0 Å². The Labute approximate surface area is 236 Å². The van der Waals surface area contributed by atoms with E-state index < -0.39 is 16.1 Å². The van der Waals surface area contributed by atoms with Crippen LogP contribution < -0.4 is 20.1 Å². The van der Waals surface area contributed by atoms with Crippen molar-refractivity contribution in [1.82, 2.24) is 14.7 Å². The van der Waals surface area contributed by atoms with E-state index in [0.717, 1.165) is 31.7 Å². The van der Waals surface area contributed by atoms with Gasteiger partial charge in [0.25, 0.3) is 5.91 Å². The van der Waals surface area contributed by atoms with Gasteiger partial charge in [-0.1, -0.05) is 47.6 Å². The molecule has 206 valence electrons. The number of aromatic nitrogens is 2. The summed E-state index contributed by atoms with van der Waals surface area (Å²) in [5.41, 5.74) is 6.81. The van der Waals surface area contributed by atoms with Crippen molar-refractivity contribution in [3.05, 3.63) is 71.5 Å². The third kappa shape index (κ3) is 6.15. The molecule has 2 saturated heterocycles. The van der Waals surface area contributed by atoms with Crippen molar-refractivity contribution < 1.29 is 17.9 Å². The van der Waals surface area contributed by atoms with E-state index in [1.54, 1.807) is 42.7 Å². The Morgan fingerprint density at radius 3 is 2.51 bits per heavy atom. The highest BCUT2D eigenvalue weighted by Crippen LogP contribution is 2.42. The lowest BCUT2D eigenvalue weighted by molar-refractivity contribution is 0.0973. The zero-order valence-corrected chi connectivity index (χ0v) is 23.6. The molecular weight excluding hydrogens is 560 g/mol. The van der Waals surface area contributed by atoms with E-state index in [2.05, 4.69) is 19.6 Å². The lowest BCUT2D eigenvalue weighted by Crippen LogP contribution is -2.50. The monoisotopic (exact) mass is 588 g/mol. The Morgan fingerprint density at radius 2 is 1.87 bits per heavy atom. The molecule has 4 N–H and O–H groups in total. The molecule has 39 heavy (non-hydrogen) atoms. The molecule has 10 nitrogen and oxygen atoms in total. The Kier molecular flexibility index (Phi) is 8.01. The molecule has 1 spiro atoms. The average Bonchev–Trinajstić information content (AvgIpc) is 3.20. The summed E-state index contributed by atoms with van der Waals surface area (Å²) < 4.78 is 35.2. The molecule has 2 atom stereocenters. The zero-order valence-electron chi connectivity index (χ0n) is 21.2. The average molecular weight is 589 g/mol. The van der Waals surface area contributed by atoms with Gasteiger partial charge in [-0.2, -0.15) is 8.42 Å². The van der Waals surface area contributed by atoms with Crippen LogP contribution >= 0.6 is 23.4 Å². The van der Waals surface area contributed by atoms with Gasteiger partial charge in [0, 0.05) is 35.0 Å². The van der Waals surface area contributed by atoms with Crippen LogP contribution in [-0.2, 0) is 14.9 Å². The molecular formula is C26H29ClN6O4S2. The number of anilines is 2. The second-order valence-corrected chi connectivity index (χ2v) is 12.6. The van der Waals surface area contributed by atoms with Crippen molar-refractivity contribution in [1.29, 1.82) is 0 Å². The maximum absolute atomic E-state index is 12.6. The van der Waals surface area contributed by atoms with Crippen LogP contribution in [0.25, 0.3) is 0 Å². The van der Waals surface area contributed by atoms with Crippen molar-refractivity contribution in [2.24, 2.45) is 11.1 Å². The number of benzene rings is 2. The maximum Gasteiger partial charge on any atom is 0.324 e. The molecule has 1 amide bonds. The van der Waals surface area contributed by atoms with Gasteiger partial charge in [-0.25, -0.2) is 14.7 Å². The molecule has 3 aromatic rings. The lowest BCUT2D eigenvalue weighted by Gasteiger charge is -2.41. The third-order valence-corrected chi connectivity index (χ3v) is 9.67. The lowest BCUT2D eigenvalue weighted by atomic mass is 9.73. The highest BCUT2D eigenvalue weighted by molar-refractivity contribution is 7.99. The van der Waals surface area contributed by atoms with Crippen LogP contribution in [0.15, 0.2) is 70.8 Å². The van der Waals surface area contributed by atoms with Crippen molar-refractivity contribution in [3.8, 4) is 0 Å². The first-order valence-corrected chi connectivity index (χ1v) is 15.1. The van der Waals surface area contributed by atoms with Crippen molar-refractivity contribution in [2.75, 3.05) is 29.3 Å². The van der Waals surface area contributed by atoms with Crippen LogP contribution in [0.3, 0.4) is 0 Å². The first-order chi connectivity index (χ1) is 18.7. The number of amides is 1. The van der Waals surface area contributed by atoms with Crippen LogP contribution in [0.4, 0.5) is 11.5 Å². The van der Waals surface area contributed by atoms with Crippen LogP contribution in [0.1, 0.15) is 30.1 Å². The molecule has 0 bridgehead atoms. The van der Waals surface area contributed by atoms with E-state index in [-0.39, 0.29) is 33.8 Å². The first kappa shape index (κ1) is 27.7. The number of carbonyl (C=O) groups is 1. The number of ether oxygens (including phenoxy) is 1. The highest BCUT2D eigenvalue weighted by atomic mass is 35.5. The summed E-state index contributed by atoms with van der Waals surface area (Å²) in [6.07, 6.45) is 5.38. The number of hydrogen-bond donors (Lipinski definition) is 3. The predicted octanol–water partition coefficient (Wildman–Crippen LogP) is 3.70. The van der Waals surface area contributed by atoms with Gasteiger partial charge >= 0.3 is 10.2 Å². The van der Waals surface area contributed by atoms with Gasteiger partial charge in [-0.3, -0.25) is 9.52 Å². The number of rotatable bonds is 7. The fraction of sp³-hybridized carbons (Fsp3) is 0.346. The van der Waals surface area contributed by atoms with Gasteiger partial charge in [0.1, 0.15) is 10.8 Å². The molecule has 1 aromatic heterocycles. The summed E-state index contributed by atoms with van der Waals surface area (Å²) >= 11 is 7.77. The van der Waals surface area contributed by atoms with E-state index in [1.807, 2.05) is 11.6 Å². The molecule has 2 aliphatic rings. The summed E-state index contributed by atoms with van der Waals surface area (Å²) in [6, 6.07) is 13.0. The van der Waals surface area contributed by atoms with Crippen molar-refractivity contribution in [2.45, 2.75) is 41.8 Å². The number of hydrogen-bond acceptors (Lipinski definition) is 9. The van der Waals surface area contributed by atoms with Crippen LogP contribution in [0.5, 0.6) is 0 Å². The van der Waals surface area contributed by atoms with E-state index in [9.17, 15) is 13.2 Å². The molecule has 2 aromatic carbocycles. The Morgan fingerprint density at radius 1 is 1.13 bits per heavy atom. The Bertz CT molecular complexity index is 1430. The van der Waals surface area contributed by atoms with Crippen molar-refractivity contribution in [3.63, 3.8) is 0 Å². The summed E-state index contributed by atoms with van der Waals surface area (Å²) in [5.74, 6) is 0.0365. The highest BCUT2D eigenvalue weighted by Gasteiger charge is 2.47. The van der Waals surface area contributed by atoms with Gasteiger partial charge in [0.15, 0.2) is 0 Å². The van der Waals surface area contributed by atoms with Crippen LogP contribution in [-0.4, -0.2) is 56.1 Å². The van der Waals surface area contributed by atoms with Gasteiger partial charge in [-0.15, -0.1) is 0 Å². The normalized spacial score (nSPS) is 20.6. The number of nitrogens with two attached hydrogens (primary N) is 1. The molecule has 2 fully saturated rings. The van der Waals surface area contributed by atoms with Crippen LogP contribution in [0, 0.1) is 5.41 Å². The molecule has 0 radical (unpaired) electrons. The first-order valence-electron chi connectivity index (χ1n) is 12.5. The molecule has 0 aliphatic carbocycles. The second-order valence-electron chi connectivity index (χ2n) is 9.73. The van der Waals surface area contributed by atoms with E-state index in [0.29, 0.717) is 16.5 Å². The minimum atomic E-state index is -4.22. The largest absolute Gasteiger partial charge is 0.376 e. The standard InChI is InChI=1S/C26H29ClN6O4S2/c1-17-24(28)26(16-37-17)10-12-33(13-11-26)21-14-30-22(15-29-21)38-20-9-5-8-19(23(20)27)31-39(35,36)32-25(34)18-6-3-2-4-7-18/h2-9,14-15,17,24,31H,10-13,16,28H2,1H3,(H,32,34)/t17-,24+/m0/s1. The molecule has 0 unspecified atom stereocenters. The fourth-order valence-electron chi connectivity index (χ4n) is 4.90. The van der Waals surface area contributed by atoms with E-state index in [1.165, 1.54) is 30.0 Å². The smallest absolute Gasteiger partial charge is 0.324 e. The quantitative estimate of drug-likeness (QED) is 0.377. The number of carbonyl (C=O) groups excluding carboxylic acids is 1. The minimum absolute atomic E-state index is 0.0345. The minimum Gasteiger partial charge on any atom is -0.376 e. The van der Waals surface area contributed by atoms with E-state index in [4.69, 9.17) is 22.1 Å². The molecule has 13 heteroatoms. The van der Waals surface area contributed by atoms with Gasteiger partial charge in [-0.05, 0) is 44.0 Å². The molecule has 5 rings (SSSR count). The maximum atomic E-state index is 12.6. The molecule has 0 saturated carbocycles. The summed E-state index contributed by atoms with van der Waals surface area (Å²) in [4.78, 5) is 24.2. The van der Waals surface area contributed by atoms with Crippen molar-refractivity contribution >= 4 is 51.0 Å². The SMILES string of the molecule is C[C@@H]1OCC2(CCN(c3cnc(Sc4cccc(NS(=O)(=O)NC(=O)c5ccccc5)c4Cl)cn3)CC2)[C@@H]1N.